The average Bonchev–Trinajstić information content (AvgIpc) is 2.75. The van der Waals surface area contributed by atoms with Crippen molar-refractivity contribution in [2.24, 2.45) is 10.4 Å². The Morgan fingerprint density at radius 1 is 1.09 bits per heavy atom. The van der Waals surface area contributed by atoms with Crippen molar-refractivity contribution < 1.29 is 23.1 Å². The summed E-state index contributed by atoms with van der Waals surface area (Å²) in [4.78, 5) is 43.9. The van der Waals surface area contributed by atoms with Gasteiger partial charge >= 0.3 is 23.5 Å². The van der Waals surface area contributed by atoms with Gasteiger partial charge in [-0.15, -0.1) is 0 Å². The Morgan fingerprint density at radius 2 is 1.74 bits per heavy atom. The van der Waals surface area contributed by atoms with Crippen molar-refractivity contribution in [3.63, 3.8) is 0 Å². The first-order valence-electron chi connectivity index (χ1n) is 9.92. The zero-order valence-electron chi connectivity index (χ0n) is 18.1. The summed E-state index contributed by atoms with van der Waals surface area (Å²) in [5.41, 5.74) is -4.07. The number of hydrogen-bond acceptors (Lipinski definition) is 4. The van der Waals surface area contributed by atoms with Crippen LogP contribution < -0.4 is 17.0 Å². The molecule has 0 aliphatic carbocycles. The lowest BCUT2D eigenvalue weighted by molar-refractivity contribution is -0.147. The van der Waals surface area contributed by atoms with Crippen LogP contribution in [0.1, 0.15) is 25.0 Å². The highest BCUT2D eigenvalue weighted by molar-refractivity contribution is 6.30. The van der Waals surface area contributed by atoms with Gasteiger partial charge in [0.05, 0.1) is 23.2 Å². The second-order valence-corrected chi connectivity index (χ2v) is 8.62. The van der Waals surface area contributed by atoms with Gasteiger partial charge in [0, 0.05) is 11.6 Å². The molecule has 0 bridgehead atoms. The van der Waals surface area contributed by atoms with Crippen LogP contribution in [0.4, 0.5) is 18.9 Å². The quantitative estimate of drug-likeness (QED) is 0.545. The highest BCUT2D eigenvalue weighted by Crippen LogP contribution is 2.31. The number of rotatable bonds is 6. The highest BCUT2D eigenvalue weighted by Gasteiger charge is 2.31. The zero-order chi connectivity index (χ0) is 25.3. The minimum absolute atomic E-state index is 0.113. The lowest BCUT2D eigenvalue weighted by Gasteiger charge is -2.20. The number of carbonyl (C=O) groups is 1. The third-order valence-electron chi connectivity index (χ3n) is 4.98. The Kier molecular flexibility index (Phi) is 6.87. The van der Waals surface area contributed by atoms with E-state index >= 15 is 0 Å². The number of hydrogen-bond donors (Lipinski definition) is 2. The number of aromatic nitrogens is 3. The summed E-state index contributed by atoms with van der Waals surface area (Å²) in [6.07, 6.45) is -4.61. The first-order chi connectivity index (χ1) is 15.8. The SMILES string of the molecule is CC(C)(Cn1c(=O)[nH]/c(=N\c2cccc(C(F)(F)F)c2)n(Cc2ccc(Cl)cc2)c1=O)C(=O)O. The number of nitrogens with zero attached hydrogens (tertiary/aromatic N) is 3. The third kappa shape index (κ3) is 5.66. The van der Waals surface area contributed by atoms with Crippen molar-refractivity contribution in [2.75, 3.05) is 0 Å². The summed E-state index contributed by atoms with van der Waals surface area (Å²) in [7, 11) is 0. The van der Waals surface area contributed by atoms with Gasteiger partial charge in [-0.1, -0.05) is 29.8 Å². The van der Waals surface area contributed by atoms with Crippen molar-refractivity contribution in [1.29, 1.82) is 0 Å². The molecule has 0 radical (unpaired) electrons. The second-order valence-electron chi connectivity index (χ2n) is 8.18. The molecule has 0 aliphatic rings. The van der Waals surface area contributed by atoms with Crippen LogP contribution in [0.25, 0.3) is 0 Å². The molecule has 12 heteroatoms. The highest BCUT2D eigenvalue weighted by atomic mass is 35.5. The Morgan fingerprint density at radius 3 is 2.32 bits per heavy atom. The van der Waals surface area contributed by atoms with Crippen molar-refractivity contribution in [3.8, 4) is 0 Å². The molecular weight excluding hydrogens is 477 g/mol. The number of carboxylic acid groups (broad SMARTS) is 1. The van der Waals surface area contributed by atoms with Gasteiger partial charge in [0.1, 0.15) is 0 Å². The molecule has 0 atom stereocenters. The first-order valence-corrected chi connectivity index (χ1v) is 10.3. The van der Waals surface area contributed by atoms with Gasteiger partial charge in [0.2, 0.25) is 5.62 Å². The maximum atomic E-state index is 13.2. The Balaban J connectivity index is 2.24. The Bertz CT molecular complexity index is 1400. The van der Waals surface area contributed by atoms with Crippen LogP contribution in [0, 0.1) is 5.41 Å². The molecule has 0 unspecified atom stereocenters. The summed E-state index contributed by atoms with van der Waals surface area (Å²) >= 11 is 5.90. The van der Waals surface area contributed by atoms with Gasteiger partial charge in [-0.25, -0.2) is 19.1 Å². The van der Waals surface area contributed by atoms with E-state index in [4.69, 9.17) is 11.6 Å². The standard InChI is InChI=1S/C22H20ClF3N4O4/c1-21(2,17(31)32)12-30-19(33)28-18(27-16-5-3-4-14(10-16)22(24,25)26)29(20(30)34)11-13-6-8-15(23)9-7-13/h3-10H,11-12H2,1-2H3,(H,31,32)(H,27,28,33). The number of nitrogens with one attached hydrogen (secondary N) is 1. The van der Waals surface area contributed by atoms with E-state index in [2.05, 4.69) is 9.98 Å². The van der Waals surface area contributed by atoms with Crippen LogP contribution in [0.2, 0.25) is 5.02 Å². The molecule has 0 saturated carbocycles. The van der Waals surface area contributed by atoms with Crippen molar-refractivity contribution in [2.45, 2.75) is 33.1 Å². The summed E-state index contributed by atoms with van der Waals surface area (Å²) < 4.78 is 41.0. The fourth-order valence-corrected chi connectivity index (χ4v) is 3.16. The molecule has 180 valence electrons. The van der Waals surface area contributed by atoms with E-state index in [9.17, 15) is 32.7 Å². The molecule has 2 aromatic carbocycles. The van der Waals surface area contributed by atoms with E-state index in [0.29, 0.717) is 10.6 Å². The third-order valence-corrected chi connectivity index (χ3v) is 5.23. The largest absolute Gasteiger partial charge is 0.481 e. The Labute approximate surface area is 195 Å². The monoisotopic (exact) mass is 496 g/mol. The summed E-state index contributed by atoms with van der Waals surface area (Å²) in [6.45, 7) is 2.15. The lowest BCUT2D eigenvalue weighted by atomic mass is 9.94. The second kappa shape index (κ2) is 9.34. The molecule has 0 saturated heterocycles. The number of aliphatic carboxylic acids is 1. The molecule has 34 heavy (non-hydrogen) atoms. The Hall–Kier alpha value is -3.60. The average molecular weight is 497 g/mol. The molecule has 3 rings (SSSR count). The van der Waals surface area contributed by atoms with Crippen LogP contribution in [-0.2, 0) is 24.1 Å². The van der Waals surface area contributed by atoms with E-state index in [0.717, 1.165) is 27.3 Å². The van der Waals surface area contributed by atoms with Gasteiger partial charge in [-0.2, -0.15) is 13.2 Å². The predicted octanol–water partition coefficient (Wildman–Crippen LogP) is 3.40. The van der Waals surface area contributed by atoms with Gasteiger partial charge in [0.15, 0.2) is 0 Å². The van der Waals surface area contributed by atoms with E-state index in [-0.39, 0.29) is 17.9 Å². The molecule has 1 aromatic heterocycles. The van der Waals surface area contributed by atoms with E-state index < -0.39 is 41.0 Å². The predicted molar refractivity (Wildman–Crippen MR) is 118 cm³/mol. The molecule has 0 fully saturated rings. The number of alkyl halides is 3. The number of halogens is 4. The maximum absolute atomic E-state index is 13.2. The van der Waals surface area contributed by atoms with Gasteiger partial charge in [-0.05, 0) is 49.7 Å². The van der Waals surface area contributed by atoms with Crippen LogP contribution in [0.15, 0.2) is 63.1 Å². The van der Waals surface area contributed by atoms with Gasteiger partial charge in [0.25, 0.3) is 0 Å². The topological polar surface area (TPSA) is 109 Å². The van der Waals surface area contributed by atoms with Gasteiger partial charge < -0.3 is 5.11 Å². The molecule has 8 nitrogen and oxygen atoms in total. The number of aromatic amines is 1. The van der Waals surface area contributed by atoms with Crippen LogP contribution >= 0.6 is 11.6 Å². The smallest absolute Gasteiger partial charge is 0.416 e. The molecule has 0 amide bonds. The molecule has 0 aliphatic heterocycles. The number of carboxylic acids is 1. The fourth-order valence-electron chi connectivity index (χ4n) is 3.03. The number of benzene rings is 2. The first kappa shape index (κ1) is 25.0. The van der Waals surface area contributed by atoms with E-state index in [1.807, 2.05) is 0 Å². The van der Waals surface area contributed by atoms with Crippen molar-refractivity contribution in [3.05, 3.63) is 91.3 Å². The van der Waals surface area contributed by atoms with Gasteiger partial charge in [-0.3, -0.25) is 14.3 Å². The molecular formula is C22H20ClF3N4O4. The van der Waals surface area contributed by atoms with Crippen LogP contribution in [0.5, 0.6) is 0 Å². The van der Waals surface area contributed by atoms with Crippen LogP contribution in [-0.4, -0.2) is 25.2 Å². The lowest BCUT2D eigenvalue weighted by Crippen LogP contribution is -2.52. The summed E-state index contributed by atoms with van der Waals surface area (Å²) in [5.74, 6) is -1.22. The molecule has 3 aromatic rings. The van der Waals surface area contributed by atoms with E-state index in [1.54, 1.807) is 24.3 Å². The fraction of sp³-hybridized carbons (Fsp3) is 0.273. The minimum atomic E-state index is -4.61. The van der Waals surface area contributed by atoms with Crippen LogP contribution in [0.3, 0.4) is 0 Å². The normalized spacial score (nSPS) is 12.7. The minimum Gasteiger partial charge on any atom is -0.481 e. The zero-order valence-corrected chi connectivity index (χ0v) is 18.8. The number of H-pyrrole nitrogens is 1. The summed E-state index contributed by atoms with van der Waals surface area (Å²) in [6, 6.07) is 10.5. The summed E-state index contributed by atoms with van der Waals surface area (Å²) in [5, 5.41) is 9.85. The maximum Gasteiger partial charge on any atom is 0.416 e. The molecule has 0 spiro atoms. The van der Waals surface area contributed by atoms with Crippen molar-refractivity contribution >= 4 is 23.3 Å². The molecule has 2 N–H and O–H groups in total. The van der Waals surface area contributed by atoms with E-state index in [1.165, 1.54) is 19.9 Å². The van der Waals surface area contributed by atoms with Crippen molar-refractivity contribution in [1.82, 2.24) is 14.1 Å². The molecule has 1 heterocycles.